The second-order valence-electron chi connectivity index (χ2n) is 4.43. The summed E-state index contributed by atoms with van der Waals surface area (Å²) in [6, 6.07) is 6.09. The number of pyridine rings is 1. The van der Waals surface area contributed by atoms with E-state index in [0.717, 1.165) is 25.4 Å². The molecule has 0 aliphatic carbocycles. The van der Waals surface area contributed by atoms with Crippen LogP contribution in [0.4, 0.5) is 0 Å². The van der Waals surface area contributed by atoms with Gasteiger partial charge >= 0.3 is 0 Å². The number of rotatable bonds is 6. The molecule has 18 heavy (non-hydrogen) atoms. The molecule has 0 aliphatic heterocycles. The summed E-state index contributed by atoms with van der Waals surface area (Å²) in [5.41, 5.74) is 2.45. The van der Waals surface area contributed by atoms with Gasteiger partial charge in [-0.15, -0.1) is 0 Å². The van der Waals surface area contributed by atoms with Crippen LogP contribution in [0.3, 0.4) is 0 Å². The van der Waals surface area contributed by atoms with Gasteiger partial charge in [0.25, 0.3) is 0 Å². The van der Waals surface area contributed by atoms with E-state index < -0.39 is 0 Å². The molecule has 2 rings (SSSR count). The van der Waals surface area contributed by atoms with Crippen LogP contribution in [0.25, 0.3) is 0 Å². The van der Waals surface area contributed by atoms with Crippen molar-refractivity contribution in [3.63, 3.8) is 0 Å². The molecule has 0 bridgehead atoms. The lowest BCUT2D eigenvalue weighted by Gasteiger charge is -2.16. The smallest absolute Gasteiger partial charge is 0.122 e. The van der Waals surface area contributed by atoms with Crippen LogP contribution in [0.2, 0.25) is 0 Å². The predicted molar refractivity (Wildman–Crippen MR) is 70.9 cm³/mol. The van der Waals surface area contributed by atoms with E-state index in [4.69, 9.17) is 4.42 Å². The van der Waals surface area contributed by atoms with Gasteiger partial charge in [0.05, 0.1) is 12.8 Å². The van der Waals surface area contributed by atoms with E-state index in [9.17, 15) is 0 Å². The molecule has 0 saturated carbocycles. The maximum Gasteiger partial charge on any atom is 0.122 e. The van der Waals surface area contributed by atoms with Gasteiger partial charge in [0.1, 0.15) is 5.76 Å². The van der Waals surface area contributed by atoms with Crippen molar-refractivity contribution in [2.45, 2.75) is 19.6 Å². The first-order valence-electron chi connectivity index (χ1n) is 6.07. The zero-order valence-corrected chi connectivity index (χ0v) is 10.9. The first kappa shape index (κ1) is 12.8. The van der Waals surface area contributed by atoms with Gasteiger partial charge < -0.3 is 9.73 Å². The maximum atomic E-state index is 5.45. The molecule has 1 N–H and O–H groups in total. The Bertz CT molecular complexity index is 467. The molecule has 0 saturated heterocycles. The fraction of sp³-hybridized carbons (Fsp3) is 0.357. The van der Waals surface area contributed by atoms with Gasteiger partial charge in [-0.25, -0.2) is 0 Å². The molecular weight excluding hydrogens is 226 g/mol. The number of aromatic nitrogens is 1. The Labute approximate surface area is 108 Å². The number of hydrogen-bond acceptors (Lipinski definition) is 4. The summed E-state index contributed by atoms with van der Waals surface area (Å²) < 4.78 is 5.45. The van der Waals surface area contributed by atoms with Crippen LogP contribution in [0.1, 0.15) is 16.9 Å². The zero-order valence-electron chi connectivity index (χ0n) is 10.9. The number of furan rings is 1. The van der Waals surface area contributed by atoms with Crippen molar-refractivity contribution in [3.05, 3.63) is 53.7 Å². The third-order valence-electron chi connectivity index (χ3n) is 2.79. The predicted octanol–water partition coefficient (Wildman–Crippen LogP) is 2.03. The molecule has 0 radical (unpaired) electrons. The standard InChI is InChI=1S/C14H19N3O/c1-15-9-14-13(5-7-18-14)11-17(2)10-12-4-3-6-16-8-12/h3-8,15H,9-11H2,1-2H3. The largest absolute Gasteiger partial charge is 0.468 e. The summed E-state index contributed by atoms with van der Waals surface area (Å²) in [6.07, 6.45) is 5.45. The second-order valence-corrected chi connectivity index (χ2v) is 4.43. The molecule has 0 fully saturated rings. The summed E-state index contributed by atoms with van der Waals surface area (Å²) >= 11 is 0. The Morgan fingerprint density at radius 2 is 2.22 bits per heavy atom. The van der Waals surface area contributed by atoms with Gasteiger partial charge in [0, 0.05) is 31.0 Å². The molecule has 0 unspecified atom stereocenters. The van der Waals surface area contributed by atoms with Crippen molar-refractivity contribution < 1.29 is 4.42 Å². The molecule has 2 aromatic heterocycles. The van der Waals surface area contributed by atoms with Crippen molar-refractivity contribution in [1.29, 1.82) is 0 Å². The minimum absolute atomic E-state index is 0.767. The topological polar surface area (TPSA) is 41.3 Å². The molecule has 96 valence electrons. The van der Waals surface area contributed by atoms with Crippen molar-refractivity contribution in [3.8, 4) is 0 Å². The summed E-state index contributed by atoms with van der Waals surface area (Å²) in [7, 11) is 4.02. The van der Waals surface area contributed by atoms with Gasteiger partial charge in [-0.1, -0.05) is 6.07 Å². The zero-order chi connectivity index (χ0) is 12.8. The average molecular weight is 245 g/mol. The van der Waals surface area contributed by atoms with Gasteiger partial charge in [-0.2, -0.15) is 0 Å². The highest BCUT2D eigenvalue weighted by atomic mass is 16.3. The molecule has 0 amide bonds. The molecule has 4 heteroatoms. The lowest BCUT2D eigenvalue weighted by atomic mass is 10.2. The van der Waals surface area contributed by atoms with Crippen molar-refractivity contribution in [2.24, 2.45) is 0 Å². The number of nitrogens with zero attached hydrogens (tertiary/aromatic N) is 2. The highest BCUT2D eigenvalue weighted by Crippen LogP contribution is 2.13. The molecule has 4 nitrogen and oxygen atoms in total. The first-order valence-corrected chi connectivity index (χ1v) is 6.07. The highest BCUT2D eigenvalue weighted by molar-refractivity contribution is 5.17. The lowest BCUT2D eigenvalue weighted by Crippen LogP contribution is -2.18. The minimum atomic E-state index is 0.767. The molecular formula is C14H19N3O. The van der Waals surface area contributed by atoms with E-state index in [-0.39, 0.29) is 0 Å². The van der Waals surface area contributed by atoms with Gasteiger partial charge in [-0.05, 0) is 31.8 Å². The van der Waals surface area contributed by atoms with E-state index in [1.54, 1.807) is 12.5 Å². The Balaban J connectivity index is 1.94. The van der Waals surface area contributed by atoms with Crippen LogP contribution in [-0.2, 0) is 19.6 Å². The maximum absolute atomic E-state index is 5.45. The summed E-state index contributed by atoms with van der Waals surface area (Å²) in [5, 5.41) is 3.11. The second kappa shape index (κ2) is 6.33. The Morgan fingerprint density at radius 1 is 1.33 bits per heavy atom. The third-order valence-corrected chi connectivity index (χ3v) is 2.79. The quantitative estimate of drug-likeness (QED) is 0.845. The van der Waals surface area contributed by atoms with Gasteiger partial charge in [0.15, 0.2) is 0 Å². The monoisotopic (exact) mass is 245 g/mol. The Morgan fingerprint density at radius 3 is 2.94 bits per heavy atom. The molecule has 0 aromatic carbocycles. The van der Waals surface area contributed by atoms with Crippen LogP contribution in [0.15, 0.2) is 41.3 Å². The fourth-order valence-corrected chi connectivity index (χ4v) is 1.97. The highest BCUT2D eigenvalue weighted by Gasteiger charge is 2.08. The van der Waals surface area contributed by atoms with E-state index in [2.05, 4.69) is 28.3 Å². The molecule has 0 atom stereocenters. The van der Waals surface area contributed by atoms with Crippen LogP contribution in [0, 0.1) is 0 Å². The van der Waals surface area contributed by atoms with Crippen molar-refractivity contribution in [1.82, 2.24) is 15.2 Å². The molecule has 2 heterocycles. The van der Waals surface area contributed by atoms with Crippen LogP contribution >= 0.6 is 0 Å². The van der Waals surface area contributed by atoms with Crippen LogP contribution in [-0.4, -0.2) is 24.0 Å². The lowest BCUT2D eigenvalue weighted by molar-refractivity contribution is 0.314. The van der Waals surface area contributed by atoms with E-state index in [1.165, 1.54) is 11.1 Å². The summed E-state index contributed by atoms with van der Waals surface area (Å²) in [6.45, 7) is 2.53. The van der Waals surface area contributed by atoms with Crippen molar-refractivity contribution >= 4 is 0 Å². The number of hydrogen-bond donors (Lipinski definition) is 1. The van der Waals surface area contributed by atoms with Crippen LogP contribution < -0.4 is 5.32 Å². The third kappa shape index (κ3) is 3.42. The number of nitrogens with one attached hydrogen (secondary N) is 1. The first-order chi connectivity index (χ1) is 8.79. The molecule has 2 aromatic rings. The normalized spacial score (nSPS) is 11.1. The van der Waals surface area contributed by atoms with Crippen LogP contribution in [0.5, 0.6) is 0 Å². The average Bonchev–Trinajstić information content (AvgIpc) is 2.78. The minimum Gasteiger partial charge on any atom is -0.468 e. The van der Waals surface area contributed by atoms with Gasteiger partial charge in [-0.3, -0.25) is 9.88 Å². The Kier molecular flexibility index (Phi) is 4.50. The molecule has 0 spiro atoms. The summed E-state index contributed by atoms with van der Waals surface area (Å²) in [4.78, 5) is 6.38. The van der Waals surface area contributed by atoms with E-state index in [1.807, 2.05) is 25.4 Å². The van der Waals surface area contributed by atoms with Crippen molar-refractivity contribution in [2.75, 3.05) is 14.1 Å². The van der Waals surface area contributed by atoms with Gasteiger partial charge in [0.2, 0.25) is 0 Å². The Hall–Kier alpha value is -1.65. The fourth-order valence-electron chi connectivity index (χ4n) is 1.97. The van der Waals surface area contributed by atoms with E-state index >= 15 is 0 Å². The SMILES string of the molecule is CNCc1occc1CN(C)Cc1cccnc1. The van der Waals surface area contributed by atoms with E-state index in [0.29, 0.717) is 0 Å². The summed E-state index contributed by atoms with van der Waals surface area (Å²) in [5.74, 6) is 1.01. The molecule has 0 aliphatic rings.